The zero-order valence-electron chi connectivity index (χ0n) is 8.85. The predicted molar refractivity (Wildman–Crippen MR) is 54.6 cm³/mol. The van der Waals surface area contributed by atoms with E-state index >= 15 is 0 Å². The molecule has 1 fully saturated rings. The van der Waals surface area contributed by atoms with E-state index in [1.54, 1.807) is 11.8 Å². The molecule has 15 heavy (non-hydrogen) atoms. The highest BCUT2D eigenvalue weighted by atomic mass is 16.5. The standard InChI is InChI=1S/C9H17N3O3/c1-7(8(10)11-14)9(13)12-3-2-5-15-6-4-12/h7,14H,2-6H2,1H3,(H2,10,11). The van der Waals surface area contributed by atoms with Crippen LogP contribution in [-0.2, 0) is 9.53 Å². The predicted octanol–water partition coefficient (Wildman–Crippen LogP) is -0.382. The lowest BCUT2D eigenvalue weighted by atomic mass is 10.1. The maximum absolute atomic E-state index is 11.8. The average molecular weight is 215 g/mol. The lowest BCUT2D eigenvalue weighted by Gasteiger charge is -2.22. The summed E-state index contributed by atoms with van der Waals surface area (Å²) < 4.78 is 5.24. The van der Waals surface area contributed by atoms with Gasteiger partial charge in [0.2, 0.25) is 5.91 Å². The molecular weight excluding hydrogens is 198 g/mol. The van der Waals surface area contributed by atoms with Gasteiger partial charge in [0.1, 0.15) is 0 Å². The van der Waals surface area contributed by atoms with Gasteiger partial charge < -0.3 is 20.6 Å². The molecule has 0 aromatic heterocycles. The maximum atomic E-state index is 11.8. The summed E-state index contributed by atoms with van der Waals surface area (Å²) in [6.45, 7) is 4.10. The molecule has 6 heteroatoms. The van der Waals surface area contributed by atoms with E-state index < -0.39 is 5.92 Å². The minimum absolute atomic E-state index is 0.0508. The minimum Gasteiger partial charge on any atom is -0.409 e. The lowest BCUT2D eigenvalue weighted by molar-refractivity contribution is -0.133. The molecule has 1 atom stereocenters. The summed E-state index contributed by atoms with van der Waals surface area (Å²) in [5.74, 6) is -0.742. The van der Waals surface area contributed by atoms with Crippen molar-refractivity contribution in [3.05, 3.63) is 0 Å². The van der Waals surface area contributed by atoms with Crippen molar-refractivity contribution in [2.75, 3.05) is 26.3 Å². The van der Waals surface area contributed by atoms with Crippen molar-refractivity contribution in [2.24, 2.45) is 16.8 Å². The molecule has 1 amide bonds. The van der Waals surface area contributed by atoms with Gasteiger partial charge in [-0.2, -0.15) is 0 Å². The number of nitrogens with two attached hydrogens (primary N) is 1. The molecule has 1 aliphatic heterocycles. The third-order valence-corrected chi connectivity index (χ3v) is 2.46. The normalized spacial score (nSPS) is 20.9. The van der Waals surface area contributed by atoms with E-state index in [0.29, 0.717) is 26.3 Å². The van der Waals surface area contributed by atoms with Crippen molar-refractivity contribution in [3.8, 4) is 0 Å². The number of oxime groups is 1. The monoisotopic (exact) mass is 215 g/mol. The first-order valence-electron chi connectivity index (χ1n) is 5.00. The quantitative estimate of drug-likeness (QED) is 0.284. The Balaban J connectivity index is 2.57. The van der Waals surface area contributed by atoms with Crippen LogP contribution in [0.4, 0.5) is 0 Å². The Morgan fingerprint density at radius 1 is 1.53 bits per heavy atom. The lowest BCUT2D eigenvalue weighted by Crippen LogP contribution is -2.41. The second-order valence-corrected chi connectivity index (χ2v) is 3.54. The number of hydrogen-bond donors (Lipinski definition) is 2. The van der Waals surface area contributed by atoms with E-state index in [4.69, 9.17) is 15.7 Å². The number of ether oxygens (including phenoxy) is 1. The fraction of sp³-hybridized carbons (Fsp3) is 0.778. The second kappa shape index (κ2) is 5.55. The molecule has 0 radical (unpaired) electrons. The highest BCUT2D eigenvalue weighted by Crippen LogP contribution is 2.06. The number of amidine groups is 1. The molecule has 6 nitrogen and oxygen atoms in total. The van der Waals surface area contributed by atoms with Crippen LogP contribution in [0.15, 0.2) is 5.16 Å². The van der Waals surface area contributed by atoms with E-state index in [9.17, 15) is 4.79 Å². The van der Waals surface area contributed by atoms with Crippen LogP contribution < -0.4 is 5.73 Å². The molecular formula is C9H17N3O3. The van der Waals surface area contributed by atoms with Gasteiger partial charge in [-0.1, -0.05) is 5.16 Å². The van der Waals surface area contributed by atoms with Gasteiger partial charge in [-0.3, -0.25) is 4.79 Å². The van der Waals surface area contributed by atoms with Crippen LogP contribution in [0.2, 0.25) is 0 Å². The first kappa shape index (κ1) is 11.8. The van der Waals surface area contributed by atoms with Gasteiger partial charge in [0.15, 0.2) is 5.84 Å². The smallest absolute Gasteiger partial charge is 0.233 e. The van der Waals surface area contributed by atoms with Crippen molar-refractivity contribution >= 4 is 11.7 Å². The number of hydrogen-bond acceptors (Lipinski definition) is 4. The van der Waals surface area contributed by atoms with Crippen molar-refractivity contribution in [1.82, 2.24) is 4.90 Å². The second-order valence-electron chi connectivity index (χ2n) is 3.54. The zero-order valence-corrected chi connectivity index (χ0v) is 8.85. The maximum Gasteiger partial charge on any atom is 0.233 e. The van der Waals surface area contributed by atoms with E-state index in [1.165, 1.54) is 0 Å². The number of carbonyl (C=O) groups excluding carboxylic acids is 1. The Labute approximate surface area is 88.7 Å². The Hall–Kier alpha value is -1.30. The Bertz CT molecular complexity index is 247. The number of nitrogens with zero attached hydrogens (tertiary/aromatic N) is 2. The number of rotatable bonds is 2. The van der Waals surface area contributed by atoms with Gasteiger partial charge in [0.25, 0.3) is 0 Å². The molecule has 0 bridgehead atoms. The van der Waals surface area contributed by atoms with E-state index in [2.05, 4.69) is 5.16 Å². The van der Waals surface area contributed by atoms with Gasteiger partial charge in [-0.05, 0) is 13.3 Å². The topological polar surface area (TPSA) is 88.2 Å². The van der Waals surface area contributed by atoms with Crippen LogP contribution in [0.3, 0.4) is 0 Å². The first-order chi connectivity index (χ1) is 7.16. The van der Waals surface area contributed by atoms with Gasteiger partial charge >= 0.3 is 0 Å². The summed E-state index contributed by atoms with van der Waals surface area (Å²) in [4.78, 5) is 13.5. The van der Waals surface area contributed by atoms with E-state index in [-0.39, 0.29) is 11.7 Å². The molecule has 1 aliphatic rings. The summed E-state index contributed by atoms with van der Waals surface area (Å²) in [6.07, 6.45) is 0.828. The van der Waals surface area contributed by atoms with Crippen molar-refractivity contribution in [2.45, 2.75) is 13.3 Å². The van der Waals surface area contributed by atoms with Crippen LogP contribution in [0.1, 0.15) is 13.3 Å². The molecule has 0 aromatic carbocycles. The van der Waals surface area contributed by atoms with Gasteiger partial charge in [0, 0.05) is 19.7 Å². The SMILES string of the molecule is CC(C(=O)N1CCCOCC1)C(N)=NO. The highest BCUT2D eigenvalue weighted by molar-refractivity contribution is 6.01. The molecule has 86 valence electrons. The van der Waals surface area contributed by atoms with Crippen LogP contribution in [0.25, 0.3) is 0 Å². The van der Waals surface area contributed by atoms with Crippen LogP contribution >= 0.6 is 0 Å². The number of carbonyl (C=O) groups is 1. The van der Waals surface area contributed by atoms with Gasteiger partial charge in [0.05, 0.1) is 12.5 Å². The third-order valence-electron chi connectivity index (χ3n) is 2.46. The summed E-state index contributed by atoms with van der Waals surface area (Å²) in [6, 6.07) is 0. The van der Waals surface area contributed by atoms with Crippen molar-refractivity contribution in [3.63, 3.8) is 0 Å². The molecule has 1 saturated heterocycles. The average Bonchev–Trinajstić information content (AvgIpc) is 2.54. The van der Waals surface area contributed by atoms with E-state index in [1.807, 2.05) is 0 Å². The molecule has 0 saturated carbocycles. The largest absolute Gasteiger partial charge is 0.409 e. The Morgan fingerprint density at radius 2 is 2.27 bits per heavy atom. The molecule has 0 spiro atoms. The summed E-state index contributed by atoms with van der Waals surface area (Å²) in [5.41, 5.74) is 5.38. The van der Waals surface area contributed by atoms with Crippen LogP contribution in [0.5, 0.6) is 0 Å². The molecule has 1 heterocycles. The van der Waals surface area contributed by atoms with Crippen LogP contribution in [-0.4, -0.2) is 48.2 Å². The van der Waals surface area contributed by atoms with Gasteiger partial charge in [-0.25, -0.2) is 0 Å². The van der Waals surface area contributed by atoms with Crippen molar-refractivity contribution < 1.29 is 14.7 Å². The molecule has 3 N–H and O–H groups in total. The Morgan fingerprint density at radius 3 is 2.93 bits per heavy atom. The molecule has 0 aliphatic carbocycles. The summed E-state index contributed by atoms with van der Waals surface area (Å²) >= 11 is 0. The third kappa shape index (κ3) is 3.09. The van der Waals surface area contributed by atoms with Crippen molar-refractivity contribution in [1.29, 1.82) is 0 Å². The molecule has 0 aromatic rings. The molecule has 1 rings (SSSR count). The van der Waals surface area contributed by atoms with E-state index in [0.717, 1.165) is 6.42 Å². The fourth-order valence-electron chi connectivity index (χ4n) is 1.45. The highest BCUT2D eigenvalue weighted by Gasteiger charge is 2.24. The summed E-state index contributed by atoms with van der Waals surface area (Å²) in [7, 11) is 0. The Kier molecular flexibility index (Phi) is 4.36. The minimum atomic E-state index is -0.576. The summed E-state index contributed by atoms with van der Waals surface area (Å²) in [5, 5.41) is 11.3. The zero-order chi connectivity index (χ0) is 11.3. The van der Waals surface area contributed by atoms with Gasteiger partial charge in [-0.15, -0.1) is 0 Å². The first-order valence-corrected chi connectivity index (χ1v) is 5.00. The number of amides is 1. The fourth-order valence-corrected chi connectivity index (χ4v) is 1.45. The molecule has 1 unspecified atom stereocenters. The van der Waals surface area contributed by atoms with Crippen LogP contribution in [0, 0.1) is 5.92 Å².